The summed E-state index contributed by atoms with van der Waals surface area (Å²) in [7, 11) is 1.57. The van der Waals surface area contributed by atoms with Crippen molar-refractivity contribution in [3.63, 3.8) is 0 Å². The fraction of sp³-hybridized carbons (Fsp3) is 0.400. The van der Waals surface area contributed by atoms with Gasteiger partial charge in [0, 0.05) is 18.6 Å². The average Bonchev–Trinajstić information content (AvgIpc) is 2.86. The van der Waals surface area contributed by atoms with Crippen molar-refractivity contribution in [1.29, 1.82) is 0 Å². The largest absolute Gasteiger partial charge is 0.495 e. The number of hydrogen-bond donors (Lipinski definition) is 3. The highest BCUT2D eigenvalue weighted by Gasteiger charge is 2.20. The first kappa shape index (κ1) is 14.4. The monoisotopic (exact) mass is 276 g/mol. The number of aliphatic hydroxyl groups excluding tert-OH is 1. The predicted molar refractivity (Wildman–Crippen MR) is 78.0 cm³/mol. The normalized spacial score (nSPS) is 20.8. The second-order valence-corrected chi connectivity index (χ2v) is 4.97. The number of carbonyl (C=O) groups excluding carboxylic acids is 1. The van der Waals surface area contributed by atoms with Gasteiger partial charge >= 0.3 is 6.03 Å². The summed E-state index contributed by atoms with van der Waals surface area (Å²) in [6.07, 6.45) is 4.57. The van der Waals surface area contributed by atoms with Crippen LogP contribution in [0.15, 0.2) is 30.4 Å². The molecule has 0 aliphatic heterocycles. The highest BCUT2D eigenvalue weighted by molar-refractivity contribution is 5.91. The van der Waals surface area contributed by atoms with Gasteiger partial charge in [0.1, 0.15) is 5.75 Å². The number of methoxy groups -OCH3 is 1. The van der Waals surface area contributed by atoms with Crippen molar-refractivity contribution in [2.45, 2.75) is 19.4 Å². The van der Waals surface area contributed by atoms with Crippen molar-refractivity contribution in [2.75, 3.05) is 19.0 Å². The van der Waals surface area contributed by atoms with E-state index < -0.39 is 0 Å². The third-order valence-corrected chi connectivity index (χ3v) is 3.33. The van der Waals surface area contributed by atoms with Crippen molar-refractivity contribution >= 4 is 11.7 Å². The zero-order chi connectivity index (χ0) is 14.5. The van der Waals surface area contributed by atoms with E-state index in [1.165, 1.54) is 0 Å². The summed E-state index contributed by atoms with van der Waals surface area (Å²) < 4.78 is 5.22. The summed E-state index contributed by atoms with van der Waals surface area (Å²) in [6, 6.07) is 5.29. The number of aliphatic hydroxyl groups is 1. The first-order chi connectivity index (χ1) is 9.62. The lowest BCUT2D eigenvalue weighted by Crippen LogP contribution is -2.36. The summed E-state index contributed by atoms with van der Waals surface area (Å²) in [5.74, 6) is 0.759. The first-order valence-electron chi connectivity index (χ1n) is 6.63. The van der Waals surface area contributed by atoms with Crippen LogP contribution in [0, 0.1) is 12.8 Å². The molecule has 20 heavy (non-hydrogen) atoms. The number of anilines is 1. The van der Waals surface area contributed by atoms with Gasteiger partial charge in [-0.3, -0.25) is 0 Å². The molecule has 0 saturated carbocycles. The quantitative estimate of drug-likeness (QED) is 0.737. The summed E-state index contributed by atoms with van der Waals surface area (Å²) in [5, 5.41) is 14.7. The Hall–Kier alpha value is -2.01. The van der Waals surface area contributed by atoms with Crippen LogP contribution in [-0.4, -0.2) is 30.9 Å². The first-order valence-corrected chi connectivity index (χ1v) is 6.63. The van der Waals surface area contributed by atoms with Gasteiger partial charge in [-0.25, -0.2) is 4.79 Å². The van der Waals surface area contributed by atoms with Gasteiger partial charge in [-0.1, -0.05) is 18.2 Å². The number of rotatable bonds is 4. The lowest BCUT2D eigenvalue weighted by Gasteiger charge is -2.15. The minimum Gasteiger partial charge on any atom is -0.495 e. The molecule has 0 unspecified atom stereocenters. The molecule has 2 rings (SSSR count). The maximum absolute atomic E-state index is 12.0. The summed E-state index contributed by atoms with van der Waals surface area (Å²) in [4.78, 5) is 12.0. The van der Waals surface area contributed by atoms with Crippen LogP contribution in [-0.2, 0) is 0 Å². The topological polar surface area (TPSA) is 70.6 Å². The van der Waals surface area contributed by atoms with Gasteiger partial charge in [0.2, 0.25) is 0 Å². The minimum atomic E-state index is -0.276. The summed E-state index contributed by atoms with van der Waals surface area (Å²) in [5.41, 5.74) is 1.69. The van der Waals surface area contributed by atoms with Crippen LogP contribution in [0.25, 0.3) is 0 Å². The van der Waals surface area contributed by atoms with Gasteiger partial charge in [-0.15, -0.1) is 0 Å². The smallest absolute Gasteiger partial charge is 0.319 e. The molecule has 0 spiro atoms. The maximum atomic E-state index is 12.0. The Balaban J connectivity index is 1.95. The van der Waals surface area contributed by atoms with Crippen LogP contribution in [0.4, 0.5) is 10.5 Å². The zero-order valence-corrected chi connectivity index (χ0v) is 11.7. The van der Waals surface area contributed by atoms with Gasteiger partial charge in [-0.2, -0.15) is 0 Å². The van der Waals surface area contributed by atoms with Crippen LogP contribution < -0.4 is 15.4 Å². The van der Waals surface area contributed by atoms with Crippen LogP contribution >= 0.6 is 0 Å². The lowest BCUT2D eigenvalue weighted by molar-refractivity contribution is 0.238. The SMILES string of the molecule is COc1ccc(C)cc1NC(=O)N[C@@H]1C=C[C@H](CO)C1. The van der Waals surface area contributed by atoms with E-state index in [1.54, 1.807) is 7.11 Å². The number of amides is 2. The Labute approximate surface area is 118 Å². The van der Waals surface area contributed by atoms with Gasteiger partial charge in [0.05, 0.1) is 12.8 Å². The zero-order valence-electron chi connectivity index (χ0n) is 11.7. The molecule has 3 N–H and O–H groups in total. The molecular formula is C15H20N2O3. The van der Waals surface area contributed by atoms with Crippen LogP contribution in [0.2, 0.25) is 0 Å². The number of urea groups is 1. The molecule has 5 nitrogen and oxygen atoms in total. The Kier molecular flexibility index (Phi) is 4.63. The van der Waals surface area contributed by atoms with E-state index in [9.17, 15) is 4.79 Å². The fourth-order valence-corrected chi connectivity index (χ4v) is 2.26. The van der Waals surface area contributed by atoms with E-state index in [0.717, 1.165) is 12.0 Å². The van der Waals surface area contributed by atoms with Crippen LogP contribution in [0.1, 0.15) is 12.0 Å². The maximum Gasteiger partial charge on any atom is 0.319 e. The van der Waals surface area contributed by atoms with Crippen molar-refractivity contribution in [3.8, 4) is 5.75 Å². The third-order valence-electron chi connectivity index (χ3n) is 3.33. The minimum absolute atomic E-state index is 0.0389. The molecular weight excluding hydrogens is 256 g/mol. The second kappa shape index (κ2) is 6.43. The van der Waals surface area contributed by atoms with E-state index in [2.05, 4.69) is 10.6 Å². The van der Waals surface area contributed by atoms with Crippen molar-refractivity contribution in [2.24, 2.45) is 5.92 Å². The molecule has 0 bridgehead atoms. The second-order valence-electron chi connectivity index (χ2n) is 4.97. The Morgan fingerprint density at radius 1 is 1.45 bits per heavy atom. The fourth-order valence-electron chi connectivity index (χ4n) is 2.26. The van der Waals surface area contributed by atoms with E-state index in [4.69, 9.17) is 9.84 Å². The number of nitrogens with one attached hydrogen (secondary N) is 2. The number of benzene rings is 1. The van der Waals surface area contributed by atoms with Crippen LogP contribution in [0.5, 0.6) is 5.75 Å². The Bertz CT molecular complexity index is 514. The molecule has 108 valence electrons. The van der Waals surface area contributed by atoms with E-state index in [0.29, 0.717) is 11.4 Å². The molecule has 1 aromatic rings. The van der Waals surface area contributed by atoms with Crippen molar-refractivity contribution in [1.82, 2.24) is 5.32 Å². The number of hydrogen-bond acceptors (Lipinski definition) is 3. The van der Waals surface area contributed by atoms with Crippen molar-refractivity contribution < 1.29 is 14.6 Å². The molecule has 0 saturated heterocycles. The summed E-state index contributed by atoms with van der Waals surface area (Å²) >= 11 is 0. The molecule has 1 aliphatic carbocycles. The van der Waals surface area contributed by atoms with Gasteiger partial charge in [0.25, 0.3) is 0 Å². The number of carbonyl (C=O) groups is 1. The van der Waals surface area contributed by atoms with E-state index in [-0.39, 0.29) is 24.6 Å². The van der Waals surface area contributed by atoms with Gasteiger partial charge in [0.15, 0.2) is 0 Å². The molecule has 2 atom stereocenters. The van der Waals surface area contributed by atoms with E-state index >= 15 is 0 Å². The highest BCUT2D eigenvalue weighted by atomic mass is 16.5. The van der Waals surface area contributed by atoms with Crippen molar-refractivity contribution in [3.05, 3.63) is 35.9 Å². The van der Waals surface area contributed by atoms with Gasteiger partial charge in [-0.05, 0) is 31.0 Å². The molecule has 1 aliphatic rings. The van der Waals surface area contributed by atoms with E-state index in [1.807, 2.05) is 37.3 Å². The lowest BCUT2D eigenvalue weighted by atomic mass is 10.1. The molecule has 1 aromatic carbocycles. The average molecular weight is 276 g/mol. The molecule has 5 heteroatoms. The molecule has 0 heterocycles. The molecule has 0 radical (unpaired) electrons. The van der Waals surface area contributed by atoms with Gasteiger partial charge < -0.3 is 20.5 Å². The third kappa shape index (κ3) is 3.51. The Morgan fingerprint density at radius 3 is 2.90 bits per heavy atom. The molecule has 0 aromatic heterocycles. The number of ether oxygens (including phenoxy) is 1. The Morgan fingerprint density at radius 2 is 2.25 bits per heavy atom. The molecule has 2 amide bonds. The predicted octanol–water partition coefficient (Wildman–Crippen LogP) is 2.06. The molecule has 0 fully saturated rings. The van der Waals surface area contributed by atoms with Crippen LogP contribution in [0.3, 0.4) is 0 Å². The highest BCUT2D eigenvalue weighted by Crippen LogP contribution is 2.25. The standard InChI is InChI=1S/C15H20N2O3/c1-10-3-6-14(20-2)13(7-10)17-15(19)16-12-5-4-11(8-12)9-18/h3-7,11-12,18H,8-9H2,1-2H3,(H2,16,17,19)/t11-,12+/m0/s1. The number of aryl methyl sites for hydroxylation is 1. The summed E-state index contributed by atoms with van der Waals surface area (Å²) in [6.45, 7) is 2.07.